The van der Waals surface area contributed by atoms with Gasteiger partial charge < -0.3 is 0 Å². The molecule has 0 radical (unpaired) electrons. The van der Waals surface area contributed by atoms with Crippen molar-refractivity contribution < 1.29 is 0 Å². The SMILES string of the molecule is Br.Cn1ncc2cc(CBr)ccc21. The van der Waals surface area contributed by atoms with E-state index < -0.39 is 0 Å². The lowest BCUT2D eigenvalue weighted by Gasteiger charge is -1.96. The summed E-state index contributed by atoms with van der Waals surface area (Å²) in [6.45, 7) is 0. The standard InChI is InChI=1S/C9H9BrN2.BrH/c1-12-9-3-2-7(5-10)4-8(9)6-11-12;/h2-4,6H,5H2,1H3;1H. The van der Waals surface area contributed by atoms with E-state index in [9.17, 15) is 0 Å². The highest BCUT2D eigenvalue weighted by Crippen LogP contribution is 2.16. The summed E-state index contributed by atoms with van der Waals surface area (Å²) in [5.74, 6) is 0. The van der Waals surface area contributed by atoms with E-state index in [1.807, 2.05) is 17.9 Å². The second-order valence-electron chi connectivity index (χ2n) is 2.79. The first-order valence-corrected chi connectivity index (χ1v) is 4.90. The molecule has 0 aliphatic rings. The van der Waals surface area contributed by atoms with Crippen molar-refractivity contribution in [1.82, 2.24) is 9.78 Å². The Morgan fingerprint density at radius 2 is 2.23 bits per heavy atom. The normalized spacial score (nSPS) is 10.0. The van der Waals surface area contributed by atoms with Gasteiger partial charge in [0.2, 0.25) is 0 Å². The molecule has 70 valence electrons. The maximum Gasteiger partial charge on any atom is 0.0679 e. The van der Waals surface area contributed by atoms with E-state index in [-0.39, 0.29) is 17.0 Å². The molecule has 0 N–H and O–H groups in total. The fourth-order valence-corrected chi connectivity index (χ4v) is 1.64. The Hall–Kier alpha value is -0.350. The molecule has 0 spiro atoms. The Morgan fingerprint density at radius 1 is 1.46 bits per heavy atom. The summed E-state index contributed by atoms with van der Waals surface area (Å²) in [5.41, 5.74) is 2.47. The van der Waals surface area contributed by atoms with Gasteiger partial charge in [-0.2, -0.15) is 5.10 Å². The largest absolute Gasteiger partial charge is 0.268 e. The van der Waals surface area contributed by atoms with E-state index in [0.717, 1.165) is 5.33 Å². The fourth-order valence-electron chi connectivity index (χ4n) is 1.30. The van der Waals surface area contributed by atoms with Gasteiger partial charge in [-0.1, -0.05) is 22.0 Å². The summed E-state index contributed by atoms with van der Waals surface area (Å²) >= 11 is 3.42. The Labute approximate surface area is 95.8 Å². The minimum atomic E-state index is 0. The van der Waals surface area contributed by atoms with Crippen LogP contribution in [0.25, 0.3) is 10.9 Å². The molecule has 0 saturated heterocycles. The number of alkyl halides is 1. The van der Waals surface area contributed by atoms with Gasteiger partial charge in [-0.15, -0.1) is 17.0 Å². The summed E-state index contributed by atoms with van der Waals surface area (Å²) < 4.78 is 1.88. The molecule has 0 atom stereocenters. The number of halogens is 2. The van der Waals surface area contributed by atoms with Crippen LogP contribution in [0.2, 0.25) is 0 Å². The van der Waals surface area contributed by atoms with E-state index in [1.165, 1.54) is 16.5 Å². The first kappa shape index (κ1) is 10.7. The molecule has 0 fully saturated rings. The molecule has 0 bridgehead atoms. The zero-order valence-corrected chi connectivity index (χ0v) is 10.5. The van der Waals surface area contributed by atoms with Crippen molar-refractivity contribution in [1.29, 1.82) is 0 Å². The molecule has 0 unspecified atom stereocenters. The zero-order valence-electron chi connectivity index (χ0n) is 7.20. The van der Waals surface area contributed by atoms with Gasteiger partial charge in [-0.05, 0) is 17.7 Å². The van der Waals surface area contributed by atoms with Crippen LogP contribution in [0.1, 0.15) is 5.56 Å². The van der Waals surface area contributed by atoms with Crippen molar-refractivity contribution in [3.8, 4) is 0 Å². The number of nitrogens with zero attached hydrogens (tertiary/aromatic N) is 2. The molecule has 2 rings (SSSR count). The molecule has 1 aromatic heterocycles. The molecule has 0 aliphatic heterocycles. The van der Waals surface area contributed by atoms with Gasteiger partial charge in [0.15, 0.2) is 0 Å². The molecule has 2 nitrogen and oxygen atoms in total. The van der Waals surface area contributed by atoms with Gasteiger partial charge >= 0.3 is 0 Å². The summed E-state index contributed by atoms with van der Waals surface area (Å²) in [7, 11) is 1.95. The van der Waals surface area contributed by atoms with Crippen LogP contribution in [0.15, 0.2) is 24.4 Å². The highest BCUT2D eigenvalue weighted by Gasteiger charge is 1.98. The highest BCUT2D eigenvalue weighted by atomic mass is 79.9. The smallest absolute Gasteiger partial charge is 0.0679 e. The fraction of sp³-hybridized carbons (Fsp3) is 0.222. The minimum Gasteiger partial charge on any atom is -0.268 e. The van der Waals surface area contributed by atoms with Crippen molar-refractivity contribution in [2.45, 2.75) is 5.33 Å². The molecule has 4 heteroatoms. The van der Waals surface area contributed by atoms with Gasteiger partial charge in [-0.3, -0.25) is 4.68 Å². The van der Waals surface area contributed by atoms with Gasteiger partial charge in [0.05, 0.1) is 11.7 Å². The molecular weight excluding hydrogens is 296 g/mol. The summed E-state index contributed by atoms with van der Waals surface area (Å²) in [6.07, 6.45) is 1.89. The van der Waals surface area contributed by atoms with Crippen LogP contribution in [-0.4, -0.2) is 9.78 Å². The molecule has 2 aromatic rings. The Bertz CT molecular complexity index is 409. The van der Waals surface area contributed by atoms with Crippen LogP contribution < -0.4 is 0 Å². The van der Waals surface area contributed by atoms with Crippen LogP contribution in [0.5, 0.6) is 0 Å². The van der Waals surface area contributed by atoms with Crippen LogP contribution in [-0.2, 0) is 12.4 Å². The topological polar surface area (TPSA) is 17.8 Å². The molecule has 1 heterocycles. The number of hydrogen-bond donors (Lipinski definition) is 0. The monoisotopic (exact) mass is 304 g/mol. The molecule has 0 saturated carbocycles. The Morgan fingerprint density at radius 3 is 2.92 bits per heavy atom. The molecule has 0 aliphatic carbocycles. The van der Waals surface area contributed by atoms with Crippen molar-refractivity contribution in [3.63, 3.8) is 0 Å². The van der Waals surface area contributed by atoms with Gasteiger partial charge in [0.25, 0.3) is 0 Å². The molecule has 1 aromatic carbocycles. The minimum absolute atomic E-state index is 0. The van der Waals surface area contributed by atoms with Crippen molar-refractivity contribution in [2.24, 2.45) is 7.05 Å². The predicted molar refractivity (Wildman–Crippen MR) is 63.7 cm³/mol. The van der Waals surface area contributed by atoms with E-state index in [2.05, 4.69) is 39.2 Å². The predicted octanol–water partition coefficient (Wildman–Crippen LogP) is 3.05. The third kappa shape index (κ3) is 1.94. The number of fused-ring (bicyclic) bond motifs is 1. The number of rotatable bonds is 1. The lowest BCUT2D eigenvalue weighted by Crippen LogP contribution is -1.88. The number of hydrogen-bond acceptors (Lipinski definition) is 1. The van der Waals surface area contributed by atoms with Crippen LogP contribution in [0.3, 0.4) is 0 Å². The average Bonchev–Trinajstić information content (AvgIpc) is 2.47. The van der Waals surface area contributed by atoms with Gasteiger partial charge in [0.1, 0.15) is 0 Å². The molecular formula is C9H10Br2N2. The Kier molecular flexibility index (Phi) is 3.50. The lowest BCUT2D eigenvalue weighted by atomic mass is 10.2. The van der Waals surface area contributed by atoms with Gasteiger partial charge in [0, 0.05) is 17.8 Å². The third-order valence-electron chi connectivity index (χ3n) is 1.96. The lowest BCUT2D eigenvalue weighted by molar-refractivity contribution is 0.797. The van der Waals surface area contributed by atoms with E-state index in [1.54, 1.807) is 0 Å². The maximum absolute atomic E-state index is 4.17. The first-order chi connectivity index (χ1) is 5.81. The summed E-state index contributed by atoms with van der Waals surface area (Å²) in [4.78, 5) is 0. The number of aromatic nitrogens is 2. The van der Waals surface area contributed by atoms with Crippen LogP contribution >= 0.6 is 32.9 Å². The zero-order chi connectivity index (χ0) is 8.55. The second-order valence-corrected chi connectivity index (χ2v) is 3.36. The number of aryl methyl sites for hydroxylation is 1. The van der Waals surface area contributed by atoms with Crippen LogP contribution in [0.4, 0.5) is 0 Å². The summed E-state index contributed by atoms with van der Waals surface area (Å²) in [6, 6.07) is 6.36. The maximum atomic E-state index is 4.17. The van der Waals surface area contributed by atoms with Crippen LogP contribution in [0, 0.1) is 0 Å². The third-order valence-corrected chi connectivity index (χ3v) is 2.61. The average molecular weight is 306 g/mol. The van der Waals surface area contributed by atoms with Crippen molar-refractivity contribution >= 4 is 43.8 Å². The van der Waals surface area contributed by atoms with Gasteiger partial charge in [-0.25, -0.2) is 0 Å². The van der Waals surface area contributed by atoms with E-state index >= 15 is 0 Å². The quantitative estimate of drug-likeness (QED) is 0.741. The molecule has 13 heavy (non-hydrogen) atoms. The second kappa shape index (κ2) is 4.24. The van der Waals surface area contributed by atoms with E-state index in [4.69, 9.17) is 0 Å². The molecule has 0 amide bonds. The Balaban J connectivity index is 0.000000845. The van der Waals surface area contributed by atoms with Crippen molar-refractivity contribution in [3.05, 3.63) is 30.0 Å². The summed E-state index contributed by atoms with van der Waals surface area (Å²) in [5, 5.41) is 6.28. The highest BCUT2D eigenvalue weighted by molar-refractivity contribution is 9.08. The van der Waals surface area contributed by atoms with Crippen molar-refractivity contribution in [2.75, 3.05) is 0 Å². The number of benzene rings is 1. The first-order valence-electron chi connectivity index (χ1n) is 3.78. The van der Waals surface area contributed by atoms with E-state index in [0.29, 0.717) is 0 Å².